The predicted octanol–water partition coefficient (Wildman–Crippen LogP) is 4.58. The highest BCUT2D eigenvalue weighted by atomic mass is 19.1. The number of carbonyl (C=O) groups is 2. The maximum atomic E-state index is 14.7. The molecule has 0 saturated heterocycles. The maximum absolute atomic E-state index is 14.7. The SMILES string of the molecule is Cn1ccnc1C(=O)N1CCc2cc3ccc2C1c1cccc(c1)OCCCNC(=O)Cc1ccc(F)c(c1)O3. The van der Waals surface area contributed by atoms with Gasteiger partial charge in [0, 0.05) is 32.5 Å². The van der Waals surface area contributed by atoms with Gasteiger partial charge in [0.1, 0.15) is 11.5 Å². The van der Waals surface area contributed by atoms with Crippen molar-refractivity contribution >= 4 is 11.8 Å². The summed E-state index contributed by atoms with van der Waals surface area (Å²) < 4.78 is 28.4. The van der Waals surface area contributed by atoms with E-state index in [0.29, 0.717) is 55.4 Å². The van der Waals surface area contributed by atoms with E-state index in [9.17, 15) is 14.0 Å². The number of hydrogen-bond donors (Lipinski definition) is 1. The Balaban J connectivity index is 1.42. The van der Waals surface area contributed by atoms with Gasteiger partial charge in [-0.3, -0.25) is 9.59 Å². The van der Waals surface area contributed by atoms with Crippen LogP contribution in [0.3, 0.4) is 0 Å². The minimum Gasteiger partial charge on any atom is -0.494 e. The van der Waals surface area contributed by atoms with Gasteiger partial charge in [0.25, 0.3) is 5.91 Å². The molecule has 2 amide bonds. The molecule has 8 nitrogen and oxygen atoms in total. The summed E-state index contributed by atoms with van der Waals surface area (Å²) in [5.74, 6) is 0.762. The standard InChI is InChI=1S/C31H29FN4O4/c1-35-14-12-34-30(35)31(38)36-13-10-21-18-24-7-8-25(21)29(36)22-4-2-5-23(19-22)39-15-3-11-33-28(37)17-20-6-9-26(32)27(16-20)40-24/h2,4-9,12,14,16,18-19,29H,3,10-11,13,15,17H2,1H3,(H,33,37). The second kappa shape index (κ2) is 10.8. The van der Waals surface area contributed by atoms with Gasteiger partial charge in [0.2, 0.25) is 5.91 Å². The first kappa shape index (κ1) is 25.6. The molecule has 1 N–H and O–H groups in total. The molecule has 204 valence electrons. The Bertz CT molecular complexity index is 1580. The molecule has 40 heavy (non-hydrogen) atoms. The number of nitrogens with zero attached hydrogens (tertiary/aromatic N) is 3. The number of benzene rings is 3. The number of aryl methyl sites for hydroxylation is 1. The molecule has 1 atom stereocenters. The van der Waals surface area contributed by atoms with Crippen molar-refractivity contribution in [2.24, 2.45) is 7.05 Å². The lowest BCUT2D eigenvalue weighted by Gasteiger charge is -2.37. The van der Waals surface area contributed by atoms with Crippen LogP contribution in [0, 0.1) is 5.82 Å². The molecule has 4 aromatic rings. The molecule has 0 aliphatic carbocycles. The predicted molar refractivity (Wildman–Crippen MR) is 146 cm³/mol. The van der Waals surface area contributed by atoms with E-state index < -0.39 is 5.82 Å². The molecule has 0 radical (unpaired) electrons. The van der Waals surface area contributed by atoms with Crippen molar-refractivity contribution in [2.75, 3.05) is 19.7 Å². The van der Waals surface area contributed by atoms with Crippen LogP contribution in [0.25, 0.3) is 0 Å². The Labute approximate surface area is 231 Å². The van der Waals surface area contributed by atoms with Gasteiger partial charge in [-0.2, -0.15) is 0 Å². The molecule has 9 heteroatoms. The number of aromatic nitrogens is 2. The Morgan fingerprint density at radius 2 is 2.00 bits per heavy atom. The van der Waals surface area contributed by atoms with Gasteiger partial charge in [0.15, 0.2) is 17.4 Å². The Morgan fingerprint density at radius 1 is 1.10 bits per heavy atom. The molecule has 7 rings (SSSR count). The third kappa shape index (κ3) is 5.14. The summed E-state index contributed by atoms with van der Waals surface area (Å²) in [5.41, 5.74) is 3.52. The molecule has 1 unspecified atom stereocenters. The zero-order chi connectivity index (χ0) is 27.6. The first-order chi connectivity index (χ1) is 19.5. The van der Waals surface area contributed by atoms with Gasteiger partial charge in [0.05, 0.1) is 19.1 Å². The van der Waals surface area contributed by atoms with Crippen LogP contribution in [0.2, 0.25) is 0 Å². The lowest BCUT2D eigenvalue weighted by molar-refractivity contribution is -0.120. The number of amides is 2. The van der Waals surface area contributed by atoms with Crippen molar-refractivity contribution in [3.63, 3.8) is 0 Å². The zero-order valence-electron chi connectivity index (χ0n) is 22.1. The smallest absolute Gasteiger partial charge is 0.290 e. The molecule has 8 bridgehead atoms. The highest BCUT2D eigenvalue weighted by Crippen LogP contribution is 2.39. The Kier molecular flexibility index (Phi) is 6.94. The molecule has 0 saturated carbocycles. The van der Waals surface area contributed by atoms with Gasteiger partial charge >= 0.3 is 0 Å². The van der Waals surface area contributed by atoms with Gasteiger partial charge in [-0.15, -0.1) is 0 Å². The topological polar surface area (TPSA) is 85.7 Å². The number of halogens is 1. The van der Waals surface area contributed by atoms with Crippen molar-refractivity contribution < 1.29 is 23.5 Å². The first-order valence-electron chi connectivity index (χ1n) is 13.3. The van der Waals surface area contributed by atoms with Crippen molar-refractivity contribution in [2.45, 2.75) is 25.3 Å². The highest BCUT2D eigenvalue weighted by molar-refractivity contribution is 5.91. The van der Waals surface area contributed by atoms with E-state index in [2.05, 4.69) is 10.3 Å². The molecule has 3 aromatic carbocycles. The monoisotopic (exact) mass is 540 g/mol. The fraction of sp³-hybridized carbons (Fsp3) is 0.258. The van der Waals surface area contributed by atoms with Crippen molar-refractivity contribution in [1.82, 2.24) is 19.8 Å². The lowest BCUT2D eigenvalue weighted by atomic mass is 9.87. The molecule has 3 aliphatic rings. The van der Waals surface area contributed by atoms with E-state index in [1.54, 1.807) is 42.2 Å². The van der Waals surface area contributed by atoms with E-state index in [1.165, 1.54) is 6.07 Å². The number of hydrogen-bond acceptors (Lipinski definition) is 5. The second-order valence-corrected chi connectivity index (χ2v) is 10.0. The average molecular weight is 541 g/mol. The van der Waals surface area contributed by atoms with E-state index in [-0.39, 0.29) is 30.0 Å². The van der Waals surface area contributed by atoms with Crippen molar-refractivity contribution in [1.29, 1.82) is 0 Å². The van der Waals surface area contributed by atoms with Crippen LogP contribution in [0.4, 0.5) is 4.39 Å². The quantitative estimate of drug-likeness (QED) is 0.382. The highest BCUT2D eigenvalue weighted by Gasteiger charge is 2.34. The molecule has 0 fully saturated rings. The maximum Gasteiger partial charge on any atom is 0.290 e. The van der Waals surface area contributed by atoms with Crippen LogP contribution in [0.1, 0.15) is 45.3 Å². The summed E-state index contributed by atoms with van der Waals surface area (Å²) in [6.45, 7) is 1.33. The summed E-state index contributed by atoms with van der Waals surface area (Å²) >= 11 is 0. The number of fused-ring (bicyclic) bond motifs is 7. The number of ether oxygens (including phenoxy) is 2. The summed E-state index contributed by atoms with van der Waals surface area (Å²) in [4.78, 5) is 32.3. The van der Waals surface area contributed by atoms with Crippen LogP contribution in [0.15, 0.2) is 73.1 Å². The largest absolute Gasteiger partial charge is 0.494 e. The van der Waals surface area contributed by atoms with Gasteiger partial charge < -0.3 is 24.3 Å². The van der Waals surface area contributed by atoms with Gasteiger partial charge in [-0.05, 0) is 71.5 Å². The van der Waals surface area contributed by atoms with Crippen molar-refractivity contribution in [3.05, 3.63) is 107 Å². The van der Waals surface area contributed by atoms with Crippen LogP contribution >= 0.6 is 0 Å². The molecule has 0 spiro atoms. The minimum atomic E-state index is -0.508. The summed E-state index contributed by atoms with van der Waals surface area (Å²) in [5, 5.41) is 2.89. The molecule has 3 aliphatic heterocycles. The Morgan fingerprint density at radius 3 is 2.85 bits per heavy atom. The number of rotatable bonds is 1. The third-order valence-electron chi connectivity index (χ3n) is 7.29. The fourth-order valence-electron chi connectivity index (χ4n) is 5.32. The van der Waals surface area contributed by atoms with Crippen LogP contribution in [-0.4, -0.2) is 46.0 Å². The molecule has 4 heterocycles. The van der Waals surface area contributed by atoms with Crippen molar-refractivity contribution in [3.8, 4) is 17.2 Å². The second-order valence-electron chi connectivity index (χ2n) is 10.0. The molecular weight excluding hydrogens is 511 g/mol. The minimum absolute atomic E-state index is 0.0585. The van der Waals surface area contributed by atoms with E-state index in [4.69, 9.17) is 9.47 Å². The van der Waals surface area contributed by atoms with Crippen LogP contribution in [0.5, 0.6) is 17.2 Å². The van der Waals surface area contributed by atoms with Gasteiger partial charge in [-0.1, -0.05) is 24.3 Å². The third-order valence-corrected chi connectivity index (χ3v) is 7.29. The molecule has 1 aromatic heterocycles. The number of imidazole rings is 1. The summed E-state index contributed by atoms with van der Waals surface area (Å²) in [6.07, 6.45) is 4.70. The normalized spacial score (nSPS) is 17.1. The summed E-state index contributed by atoms with van der Waals surface area (Å²) in [7, 11) is 1.80. The van der Waals surface area contributed by atoms with E-state index in [1.807, 2.05) is 41.3 Å². The van der Waals surface area contributed by atoms with Crippen LogP contribution in [-0.2, 0) is 24.7 Å². The summed E-state index contributed by atoms with van der Waals surface area (Å²) in [6, 6.07) is 17.4. The average Bonchev–Trinajstić information content (AvgIpc) is 3.39. The first-order valence-corrected chi connectivity index (χ1v) is 13.3. The number of nitrogens with one attached hydrogen (secondary N) is 1. The van der Waals surface area contributed by atoms with E-state index in [0.717, 1.165) is 16.7 Å². The lowest BCUT2D eigenvalue weighted by Crippen LogP contribution is -2.41. The fourth-order valence-corrected chi connectivity index (χ4v) is 5.32. The van der Waals surface area contributed by atoms with Crippen LogP contribution < -0.4 is 14.8 Å². The van der Waals surface area contributed by atoms with Gasteiger partial charge in [-0.25, -0.2) is 9.37 Å². The number of carbonyl (C=O) groups excluding carboxylic acids is 2. The molecular formula is C31H29FN4O4. The zero-order valence-corrected chi connectivity index (χ0v) is 22.1. The Hall–Kier alpha value is -4.66. The van der Waals surface area contributed by atoms with E-state index >= 15 is 0 Å².